The normalized spacial score (nSPS) is 11.5. The highest BCUT2D eigenvalue weighted by Crippen LogP contribution is 2.19. The Kier molecular flexibility index (Phi) is 5.70. The molecular formula is C17H17NO5S. The van der Waals surface area contributed by atoms with Gasteiger partial charge < -0.3 is 4.74 Å². The first kappa shape index (κ1) is 17.7. The van der Waals surface area contributed by atoms with Gasteiger partial charge >= 0.3 is 0 Å². The number of nitro groups is 1. The van der Waals surface area contributed by atoms with Gasteiger partial charge in [0.2, 0.25) is 0 Å². The molecule has 0 atom stereocenters. The molecule has 0 saturated heterocycles. The average Bonchev–Trinajstić information content (AvgIpc) is 2.59. The summed E-state index contributed by atoms with van der Waals surface area (Å²) in [5.41, 5.74) is 0.560. The first-order valence-electron chi connectivity index (χ1n) is 7.33. The fraction of sp³-hybridized carbons (Fsp3) is 0.176. The van der Waals surface area contributed by atoms with Crippen molar-refractivity contribution >= 4 is 21.6 Å². The smallest absolute Gasteiger partial charge is 0.269 e. The van der Waals surface area contributed by atoms with Crippen LogP contribution in [0.1, 0.15) is 18.9 Å². The molecule has 0 fully saturated rings. The van der Waals surface area contributed by atoms with Gasteiger partial charge in [-0.2, -0.15) is 0 Å². The van der Waals surface area contributed by atoms with E-state index in [4.69, 9.17) is 4.74 Å². The second-order valence-electron chi connectivity index (χ2n) is 5.02. The molecule has 0 aliphatic rings. The Morgan fingerprint density at radius 2 is 1.71 bits per heavy atom. The number of hydrogen-bond acceptors (Lipinski definition) is 5. The number of hydrogen-bond donors (Lipinski definition) is 0. The molecule has 6 nitrogen and oxygen atoms in total. The van der Waals surface area contributed by atoms with Crippen LogP contribution in [0.5, 0.6) is 5.75 Å². The Morgan fingerprint density at radius 3 is 2.25 bits per heavy atom. The summed E-state index contributed by atoms with van der Waals surface area (Å²) in [4.78, 5) is 10.0. The van der Waals surface area contributed by atoms with E-state index in [0.717, 1.165) is 17.6 Å². The molecule has 7 heteroatoms. The van der Waals surface area contributed by atoms with Gasteiger partial charge in [0.25, 0.3) is 5.69 Å². The number of ether oxygens (including phenoxy) is 1. The van der Waals surface area contributed by atoms with Crippen molar-refractivity contribution in [3.63, 3.8) is 0 Å². The summed E-state index contributed by atoms with van der Waals surface area (Å²) in [6.07, 6.45) is 2.38. The maximum atomic E-state index is 12.2. The Hall–Kier alpha value is -2.67. The number of nitrogens with zero attached hydrogens (tertiary/aromatic N) is 1. The molecule has 0 heterocycles. The van der Waals surface area contributed by atoms with Gasteiger partial charge in [0, 0.05) is 17.5 Å². The van der Waals surface area contributed by atoms with E-state index in [0.29, 0.717) is 12.2 Å². The second-order valence-corrected chi connectivity index (χ2v) is 6.85. The first-order valence-corrected chi connectivity index (χ1v) is 8.87. The molecule has 0 aliphatic heterocycles. The highest BCUT2D eigenvalue weighted by Gasteiger charge is 2.12. The van der Waals surface area contributed by atoms with Crippen molar-refractivity contribution in [1.29, 1.82) is 0 Å². The number of non-ortho nitro benzene ring substituents is 1. The minimum Gasteiger partial charge on any atom is -0.494 e. The van der Waals surface area contributed by atoms with Crippen molar-refractivity contribution in [2.75, 3.05) is 6.61 Å². The van der Waals surface area contributed by atoms with Crippen LogP contribution in [-0.4, -0.2) is 19.9 Å². The second kappa shape index (κ2) is 7.74. The zero-order valence-electron chi connectivity index (χ0n) is 13.1. The molecule has 0 unspecified atom stereocenters. The van der Waals surface area contributed by atoms with Crippen LogP contribution in [0.2, 0.25) is 0 Å². The van der Waals surface area contributed by atoms with Crippen LogP contribution < -0.4 is 4.74 Å². The van der Waals surface area contributed by atoms with Gasteiger partial charge in [-0.25, -0.2) is 8.42 Å². The molecule has 0 aromatic heterocycles. The van der Waals surface area contributed by atoms with E-state index in [-0.39, 0.29) is 10.6 Å². The average molecular weight is 347 g/mol. The number of benzene rings is 2. The molecule has 24 heavy (non-hydrogen) atoms. The van der Waals surface area contributed by atoms with Gasteiger partial charge in [0.1, 0.15) is 5.75 Å². The molecule has 0 radical (unpaired) electrons. The van der Waals surface area contributed by atoms with E-state index < -0.39 is 14.8 Å². The molecule has 0 amide bonds. The van der Waals surface area contributed by atoms with Gasteiger partial charge in [-0.3, -0.25) is 10.1 Å². The summed E-state index contributed by atoms with van der Waals surface area (Å²) in [5, 5.41) is 11.7. The molecule has 0 spiro atoms. The molecule has 0 N–H and O–H groups in total. The van der Waals surface area contributed by atoms with Crippen molar-refractivity contribution in [2.24, 2.45) is 0 Å². The quantitative estimate of drug-likeness (QED) is 0.561. The van der Waals surface area contributed by atoms with Crippen molar-refractivity contribution in [3.05, 3.63) is 69.6 Å². The molecular weight excluding hydrogens is 330 g/mol. The number of nitro benzene ring substituents is 1. The zero-order chi connectivity index (χ0) is 17.6. The predicted molar refractivity (Wildman–Crippen MR) is 91.5 cm³/mol. The summed E-state index contributed by atoms with van der Waals surface area (Å²) in [6.45, 7) is 2.64. The Labute approximate surface area is 140 Å². The molecule has 0 bridgehead atoms. The summed E-state index contributed by atoms with van der Waals surface area (Å²) < 4.78 is 29.9. The third-order valence-corrected chi connectivity index (χ3v) is 4.59. The van der Waals surface area contributed by atoms with Crippen LogP contribution >= 0.6 is 0 Å². The van der Waals surface area contributed by atoms with E-state index in [1.807, 2.05) is 6.92 Å². The topological polar surface area (TPSA) is 86.5 Å². The van der Waals surface area contributed by atoms with Crippen LogP contribution in [0, 0.1) is 10.1 Å². The highest BCUT2D eigenvalue weighted by molar-refractivity contribution is 7.94. The standard InChI is InChI=1S/C17H17NO5S/c1-2-12-23-16-7-3-14(4-8-16)11-13-24(21,22)17-9-5-15(6-10-17)18(19)20/h3-11,13H,2,12H2,1H3/b13-11+. The van der Waals surface area contributed by atoms with Gasteiger partial charge in [-0.05, 0) is 42.3 Å². The fourth-order valence-corrected chi connectivity index (χ4v) is 2.91. The van der Waals surface area contributed by atoms with Crippen LogP contribution in [0.3, 0.4) is 0 Å². The molecule has 0 aliphatic carbocycles. The van der Waals surface area contributed by atoms with Gasteiger partial charge in [0.15, 0.2) is 9.84 Å². The van der Waals surface area contributed by atoms with Crippen molar-refractivity contribution in [1.82, 2.24) is 0 Å². The Bertz CT molecular complexity index is 824. The number of sulfone groups is 1. The lowest BCUT2D eigenvalue weighted by atomic mass is 10.2. The molecule has 2 aromatic rings. The Balaban J connectivity index is 2.13. The summed E-state index contributed by atoms with van der Waals surface area (Å²) >= 11 is 0. The molecule has 126 valence electrons. The number of rotatable bonds is 7. The third-order valence-electron chi connectivity index (χ3n) is 3.17. The van der Waals surface area contributed by atoms with Crippen LogP contribution in [-0.2, 0) is 9.84 Å². The van der Waals surface area contributed by atoms with Crippen LogP contribution in [0.25, 0.3) is 6.08 Å². The summed E-state index contributed by atoms with van der Waals surface area (Å²) in [5.74, 6) is 0.729. The third kappa shape index (κ3) is 4.66. The SMILES string of the molecule is CCCOc1ccc(/C=C/S(=O)(=O)c2ccc([N+](=O)[O-])cc2)cc1. The maximum Gasteiger partial charge on any atom is 0.269 e. The van der Waals surface area contributed by atoms with Crippen LogP contribution in [0.15, 0.2) is 58.8 Å². The summed E-state index contributed by atoms with van der Waals surface area (Å²) in [6, 6.07) is 11.8. The van der Waals surface area contributed by atoms with Gasteiger partial charge in [0.05, 0.1) is 16.4 Å². The van der Waals surface area contributed by atoms with E-state index in [1.165, 1.54) is 30.3 Å². The van der Waals surface area contributed by atoms with Crippen molar-refractivity contribution in [3.8, 4) is 5.75 Å². The highest BCUT2D eigenvalue weighted by atomic mass is 32.2. The van der Waals surface area contributed by atoms with Crippen LogP contribution in [0.4, 0.5) is 5.69 Å². The monoisotopic (exact) mass is 347 g/mol. The largest absolute Gasteiger partial charge is 0.494 e. The predicted octanol–water partition coefficient (Wildman–Crippen LogP) is 3.83. The van der Waals surface area contributed by atoms with Gasteiger partial charge in [-0.15, -0.1) is 0 Å². The van der Waals surface area contributed by atoms with E-state index in [2.05, 4.69) is 0 Å². The lowest BCUT2D eigenvalue weighted by molar-refractivity contribution is -0.384. The fourth-order valence-electron chi connectivity index (χ4n) is 1.90. The zero-order valence-corrected chi connectivity index (χ0v) is 13.9. The molecule has 2 aromatic carbocycles. The maximum absolute atomic E-state index is 12.2. The molecule has 0 saturated carbocycles. The van der Waals surface area contributed by atoms with Crippen molar-refractivity contribution in [2.45, 2.75) is 18.2 Å². The lowest BCUT2D eigenvalue weighted by Gasteiger charge is -2.04. The van der Waals surface area contributed by atoms with E-state index in [9.17, 15) is 18.5 Å². The van der Waals surface area contributed by atoms with Gasteiger partial charge in [-0.1, -0.05) is 19.1 Å². The lowest BCUT2D eigenvalue weighted by Crippen LogP contribution is -1.97. The summed E-state index contributed by atoms with van der Waals surface area (Å²) in [7, 11) is -3.66. The minimum absolute atomic E-state index is 0.00671. The van der Waals surface area contributed by atoms with E-state index >= 15 is 0 Å². The molecule has 2 rings (SSSR count). The van der Waals surface area contributed by atoms with Crippen molar-refractivity contribution < 1.29 is 18.1 Å². The van der Waals surface area contributed by atoms with E-state index in [1.54, 1.807) is 24.3 Å². The minimum atomic E-state index is -3.66. The first-order chi connectivity index (χ1) is 11.4. The Morgan fingerprint density at radius 1 is 1.08 bits per heavy atom.